The van der Waals surface area contributed by atoms with Gasteiger partial charge in [0, 0.05) is 11.6 Å². The largest absolute Gasteiger partial charge is 0.428 e. The quantitative estimate of drug-likeness (QED) is 0.366. The first-order valence-electron chi connectivity index (χ1n) is 10.8. The summed E-state index contributed by atoms with van der Waals surface area (Å²) in [7, 11) is 0. The monoisotopic (exact) mass is 384 g/mol. The molecule has 0 amide bonds. The Balaban J connectivity index is 1.67. The molecule has 2 aliphatic carbocycles. The number of allylic oxidation sites excluding steroid dienone is 4. The van der Waals surface area contributed by atoms with Crippen LogP contribution in [-0.4, -0.2) is 17.4 Å². The lowest BCUT2D eigenvalue weighted by Gasteiger charge is -2.59. The van der Waals surface area contributed by atoms with Crippen molar-refractivity contribution in [3.05, 3.63) is 47.6 Å². The highest BCUT2D eigenvalue weighted by Gasteiger charge is 2.53. The molecule has 0 saturated heterocycles. The van der Waals surface area contributed by atoms with Gasteiger partial charge in [-0.15, -0.1) is 0 Å². The fourth-order valence-corrected chi connectivity index (χ4v) is 5.81. The summed E-state index contributed by atoms with van der Waals surface area (Å²) in [5.74, 6) is 0.987. The number of hydrogen-bond donors (Lipinski definition) is 1. The Hall–Kier alpha value is -1.61. The Morgan fingerprint density at radius 1 is 1.39 bits per heavy atom. The van der Waals surface area contributed by atoms with Crippen LogP contribution in [0.4, 0.5) is 0 Å². The molecule has 1 aliphatic heterocycles. The van der Waals surface area contributed by atoms with E-state index in [1.54, 1.807) is 6.08 Å². The molecule has 0 bridgehead atoms. The molecule has 0 aromatic rings. The predicted octanol–water partition coefficient (Wildman–Crippen LogP) is 5.87. The highest BCUT2D eigenvalue weighted by Crippen LogP contribution is 2.62. The van der Waals surface area contributed by atoms with Gasteiger partial charge in [-0.2, -0.15) is 0 Å². The molecule has 2 unspecified atom stereocenters. The van der Waals surface area contributed by atoms with Crippen molar-refractivity contribution in [2.75, 3.05) is 0 Å². The van der Waals surface area contributed by atoms with Gasteiger partial charge in [0.05, 0.1) is 0 Å². The third-order valence-corrected chi connectivity index (χ3v) is 8.09. The van der Waals surface area contributed by atoms with Crippen LogP contribution in [0.15, 0.2) is 47.6 Å². The molecule has 0 aromatic carbocycles. The Bertz CT molecular complexity index is 728. The first-order valence-corrected chi connectivity index (χ1v) is 10.8. The first-order chi connectivity index (χ1) is 13.2. The van der Waals surface area contributed by atoms with Crippen molar-refractivity contribution < 1.29 is 14.6 Å². The topological polar surface area (TPSA) is 46.5 Å². The summed E-state index contributed by atoms with van der Waals surface area (Å²) in [5.41, 5.74) is 3.98. The average molecular weight is 385 g/mol. The lowest BCUT2D eigenvalue weighted by Crippen LogP contribution is -2.50. The molecule has 28 heavy (non-hydrogen) atoms. The van der Waals surface area contributed by atoms with Crippen molar-refractivity contribution >= 4 is 5.97 Å². The van der Waals surface area contributed by atoms with E-state index in [-0.39, 0.29) is 0 Å². The van der Waals surface area contributed by atoms with Crippen molar-refractivity contribution in [1.29, 1.82) is 0 Å². The second kappa shape index (κ2) is 8.02. The first kappa shape index (κ1) is 21.1. The predicted molar refractivity (Wildman–Crippen MR) is 113 cm³/mol. The summed E-state index contributed by atoms with van der Waals surface area (Å²) in [5, 5.41) is 9.63. The van der Waals surface area contributed by atoms with Crippen molar-refractivity contribution in [3.8, 4) is 0 Å². The van der Waals surface area contributed by atoms with Crippen LogP contribution in [0.2, 0.25) is 0 Å². The zero-order valence-corrected chi connectivity index (χ0v) is 18.0. The molecule has 1 N–H and O–H groups in total. The third-order valence-electron chi connectivity index (χ3n) is 8.09. The van der Waals surface area contributed by atoms with Crippen molar-refractivity contribution in [1.82, 2.24) is 0 Å². The molecule has 3 nitrogen and oxygen atoms in total. The summed E-state index contributed by atoms with van der Waals surface area (Å²) < 4.78 is 4.70. The van der Waals surface area contributed by atoms with E-state index in [0.29, 0.717) is 16.4 Å². The van der Waals surface area contributed by atoms with E-state index >= 15 is 0 Å². The Morgan fingerprint density at radius 2 is 2.14 bits per heavy atom. The van der Waals surface area contributed by atoms with Crippen LogP contribution in [0.5, 0.6) is 0 Å². The molecule has 2 fully saturated rings. The Labute approximate surface area is 170 Å². The van der Waals surface area contributed by atoms with Crippen LogP contribution in [-0.2, 0) is 9.53 Å². The third kappa shape index (κ3) is 3.91. The number of cyclic esters (lactones) is 1. The van der Waals surface area contributed by atoms with E-state index in [1.165, 1.54) is 55.7 Å². The van der Waals surface area contributed by atoms with Gasteiger partial charge in [0.15, 0.2) is 0 Å². The number of carbonyl (C=O) groups is 1. The van der Waals surface area contributed by atoms with Crippen LogP contribution >= 0.6 is 0 Å². The van der Waals surface area contributed by atoms with Gasteiger partial charge < -0.3 is 9.84 Å². The average Bonchev–Trinajstić information content (AvgIpc) is 2.96. The summed E-state index contributed by atoms with van der Waals surface area (Å²) in [6, 6.07) is 0. The molecule has 154 valence electrons. The molecule has 5 atom stereocenters. The van der Waals surface area contributed by atoms with Gasteiger partial charge in [0.25, 0.3) is 0 Å². The van der Waals surface area contributed by atoms with Gasteiger partial charge in [-0.1, -0.05) is 56.7 Å². The number of esters is 1. The molecule has 3 rings (SSSR count). The maximum atomic E-state index is 11.2. The lowest BCUT2D eigenvalue weighted by molar-refractivity contribution is -0.150. The summed E-state index contributed by atoms with van der Waals surface area (Å²) in [6.07, 6.45) is 14.7. The normalized spacial score (nSPS) is 39.1. The van der Waals surface area contributed by atoms with E-state index in [0.717, 1.165) is 18.3 Å². The van der Waals surface area contributed by atoms with Gasteiger partial charge in [0.1, 0.15) is 0 Å². The lowest BCUT2D eigenvalue weighted by atomic mass is 9.46. The van der Waals surface area contributed by atoms with Gasteiger partial charge in [-0.3, -0.25) is 0 Å². The number of ether oxygens (including phenoxy) is 1. The number of aliphatic hydroxyl groups excluding tert-OH is 1. The van der Waals surface area contributed by atoms with E-state index in [9.17, 15) is 9.90 Å². The van der Waals surface area contributed by atoms with Gasteiger partial charge in [0.2, 0.25) is 6.29 Å². The van der Waals surface area contributed by atoms with Crippen molar-refractivity contribution in [3.63, 3.8) is 0 Å². The summed E-state index contributed by atoms with van der Waals surface area (Å²) >= 11 is 0. The summed E-state index contributed by atoms with van der Waals surface area (Å²) in [4.78, 5) is 11.2. The maximum absolute atomic E-state index is 11.2. The van der Waals surface area contributed by atoms with Crippen LogP contribution in [0.1, 0.15) is 72.6 Å². The number of aliphatic hydroxyl groups is 1. The van der Waals surface area contributed by atoms with Gasteiger partial charge in [-0.25, -0.2) is 4.79 Å². The highest BCUT2D eigenvalue weighted by atomic mass is 16.6. The fraction of sp³-hybridized carbons (Fsp3) is 0.640. The molecule has 1 heterocycles. The molecule has 0 aromatic heterocycles. The fourth-order valence-electron chi connectivity index (χ4n) is 5.81. The van der Waals surface area contributed by atoms with Crippen LogP contribution in [0.3, 0.4) is 0 Å². The van der Waals surface area contributed by atoms with Crippen LogP contribution < -0.4 is 0 Å². The molecule has 0 spiro atoms. The Morgan fingerprint density at radius 3 is 2.82 bits per heavy atom. The highest BCUT2D eigenvalue weighted by molar-refractivity contribution is 5.86. The molecule has 3 aliphatic rings. The minimum atomic E-state index is -1.13. The summed E-state index contributed by atoms with van der Waals surface area (Å²) in [6.45, 7) is 14.1. The smallest absolute Gasteiger partial charge is 0.333 e. The van der Waals surface area contributed by atoms with Crippen molar-refractivity contribution in [2.45, 2.75) is 78.9 Å². The number of rotatable bonds is 5. The number of fused-ring (bicyclic) bond motifs is 1. The van der Waals surface area contributed by atoms with Crippen LogP contribution in [0.25, 0.3) is 0 Å². The van der Waals surface area contributed by atoms with Crippen LogP contribution in [0, 0.1) is 22.7 Å². The minimum Gasteiger partial charge on any atom is -0.428 e. The van der Waals surface area contributed by atoms with Gasteiger partial charge >= 0.3 is 5.97 Å². The molecular weight excluding hydrogens is 348 g/mol. The van der Waals surface area contributed by atoms with Crippen molar-refractivity contribution in [2.24, 2.45) is 22.7 Å². The van der Waals surface area contributed by atoms with E-state index in [4.69, 9.17) is 4.74 Å². The van der Waals surface area contributed by atoms with Gasteiger partial charge in [-0.05, 0) is 74.5 Å². The van der Waals surface area contributed by atoms with E-state index in [1.807, 2.05) is 6.08 Å². The molecule has 3 heteroatoms. The minimum absolute atomic E-state index is 0.314. The molecule has 0 radical (unpaired) electrons. The maximum Gasteiger partial charge on any atom is 0.333 e. The SMILES string of the molecule is C=C1CCCC2[C@@]1(C)CC[C@@H](C)[C@]2(C)CC/C(C)=C/C=C/C1=CC(=O)OC1O. The standard InChI is InChI=1S/C25H36O3/c1-17(8-6-10-20-16-22(26)28-23(20)27)12-14-24(4)19(3)13-15-25(5)18(2)9-7-11-21(24)25/h6,8,10,16,19,21,23,27H,2,7,9,11-15H2,1,3-5H3/b10-6+,17-8+/t19-,21?,23?,24+,25+/m1/s1. The second-order valence-electron chi connectivity index (χ2n) is 9.72. The zero-order chi connectivity index (χ0) is 20.5. The zero-order valence-electron chi connectivity index (χ0n) is 18.0. The molecule has 2 saturated carbocycles. The second-order valence-corrected chi connectivity index (χ2v) is 9.72. The number of carbonyl (C=O) groups excluding carboxylic acids is 1. The number of hydrogen-bond acceptors (Lipinski definition) is 3. The van der Waals surface area contributed by atoms with E-state index in [2.05, 4.69) is 40.3 Å². The molecular formula is C25H36O3. The Kier molecular flexibility index (Phi) is 6.05. The van der Waals surface area contributed by atoms with E-state index < -0.39 is 12.3 Å².